The largest absolute Gasteiger partial charge is 0.508 e. The number of thioether (sulfide) groups is 1. The number of carboxylic acid groups (broad SMARTS) is 1. The van der Waals surface area contributed by atoms with Gasteiger partial charge in [0.2, 0.25) is 0 Å². The Morgan fingerprint density at radius 2 is 1.82 bits per heavy atom. The van der Waals surface area contributed by atoms with Gasteiger partial charge in [-0.25, -0.2) is 0 Å². The van der Waals surface area contributed by atoms with Crippen LogP contribution in [0.15, 0.2) is 23.1 Å². The van der Waals surface area contributed by atoms with Crippen molar-refractivity contribution >= 4 is 17.7 Å². The Morgan fingerprint density at radius 1 is 1.27 bits per heavy atom. The Kier molecular flexibility index (Phi) is 5.75. The summed E-state index contributed by atoms with van der Waals surface area (Å²) in [5, 5.41) is 17.6. The van der Waals surface area contributed by atoms with Gasteiger partial charge in [-0.05, 0) is 63.4 Å². The van der Waals surface area contributed by atoms with Crippen molar-refractivity contribution in [1.82, 2.24) is 4.90 Å². The van der Waals surface area contributed by atoms with E-state index >= 15 is 0 Å². The lowest BCUT2D eigenvalue weighted by atomic mass is 10.0. The molecule has 0 aliphatic carbocycles. The van der Waals surface area contributed by atoms with Gasteiger partial charge in [-0.2, -0.15) is 0 Å². The Bertz CT molecular complexity index is 517. The molecule has 0 radical (unpaired) electrons. The highest BCUT2D eigenvalue weighted by Crippen LogP contribution is 2.42. The summed E-state index contributed by atoms with van der Waals surface area (Å²) in [5.74, 6) is -0.458. The number of phenols is 1. The van der Waals surface area contributed by atoms with Crippen molar-refractivity contribution in [1.29, 1.82) is 0 Å². The first-order valence-electron chi connectivity index (χ1n) is 7.74. The molecule has 122 valence electrons. The minimum atomic E-state index is -0.833. The molecule has 2 N–H and O–H groups in total. The number of aryl methyl sites for hydroxylation is 1. The molecule has 2 heterocycles. The number of hydrogen-bond donors (Lipinski definition) is 2. The average Bonchev–Trinajstić information content (AvgIpc) is 2.64. The van der Waals surface area contributed by atoms with Gasteiger partial charge in [0.05, 0.1) is 0 Å². The van der Waals surface area contributed by atoms with Crippen LogP contribution in [0.3, 0.4) is 0 Å². The fourth-order valence-electron chi connectivity index (χ4n) is 3.40. The Morgan fingerprint density at radius 3 is 2.32 bits per heavy atom. The number of hydrogen-bond acceptors (Lipinski definition) is 4. The second-order valence-corrected chi connectivity index (χ2v) is 7.57. The number of carboxylic acids is 1. The summed E-state index contributed by atoms with van der Waals surface area (Å²) >= 11 is 2.01. The first kappa shape index (κ1) is 17.2. The van der Waals surface area contributed by atoms with Crippen LogP contribution < -0.4 is 0 Å². The summed E-state index contributed by atoms with van der Waals surface area (Å²) in [6.45, 7) is 3.17. The van der Waals surface area contributed by atoms with Gasteiger partial charge in [0, 0.05) is 29.2 Å². The van der Waals surface area contributed by atoms with Crippen LogP contribution in [0.4, 0.5) is 0 Å². The van der Waals surface area contributed by atoms with Crippen LogP contribution in [-0.4, -0.2) is 45.5 Å². The molecule has 2 aliphatic heterocycles. The van der Waals surface area contributed by atoms with Crippen LogP contribution in [-0.2, 0) is 4.79 Å². The zero-order chi connectivity index (χ0) is 16.3. The first-order valence-corrected chi connectivity index (χ1v) is 8.62. The molecular formula is C17H25NO3S. The number of rotatable bonds is 2. The summed E-state index contributed by atoms with van der Waals surface area (Å²) in [7, 11) is 2.29. The third kappa shape index (κ3) is 4.40. The van der Waals surface area contributed by atoms with Gasteiger partial charge < -0.3 is 15.1 Å². The molecule has 3 rings (SSSR count). The van der Waals surface area contributed by atoms with E-state index in [-0.39, 0.29) is 0 Å². The molecule has 2 bridgehead atoms. The van der Waals surface area contributed by atoms with E-state index in [2.05, 4.69) is 24.9 Å². The second kappa shape index (κ2) is 7.38. The topological polar surface area (TPSA) is 60.8 Å². The molecule has 3 atom stereocenters. The van der Waals surface area contributed by atoms with Crippen LogP contribution in [0.5, 0.6) is 5.75 Å². The van der Waals surface area contributed by atoms with Crippen molar-refractivity contribution in [3.63, 3.8) is 0 Å². The van der Waals surface area contributed by atoms with Gasteiger partial charge in [-0.1, -0.05) is 0 Å². The van der Waals surface area contributed by atoms with E-state index in [1.54, 1.807) is 6.07 Å². The molecule has 0 spiro atoms. The molecule has 4 nitrogen and oxygen atoms in total. The zero-order valence-corrected chi connectivity index (χ0v) is 14.3. The maximum atomic E-state index is 9.46. The highest BCUT2D eigenvalue weighted by atomic mass is 32.2. The third-order valence-corrected chi connectivity index (χ3v) is 5.94. The number of nitrogens with zero attached hydrogens (tertiary/aromatic N) is 1. The summed E-state index contributed by atoms with van der Waals surface area (Å²) < 4.78 is 0. The van der Waals surface area contributed by atoms with E-state index in [9.17, 15) is 5.11 Å². The predicted molar refractivity (Wildman–Crippen MR) is 89.6 cm³/mol. The van der Waals surface area contributed by atoms with Crippen LogP contribution in [0, 0.1) is 6.92 Å². The number of aromatic hydroxyl groups is 1. The average molecular weight is 323 g/mol. The highest BCUT2D eigenvalue weighted by molar-refractivity contribution is 8.00. The lowest BCUT2D eigenvalue weighted by molar-refractivity contribution is -0.134. The predicted octanol–water partition coefficient (Wildman–Crippen LogP) is 3.51. The van der Waals surface area contributed by atoms with Crippen molar-refractivity contribution in [2.45, 2.75) is 61.8 Å². The lowest BCUT2D eigenvalue weighted by Crippen LogP contribution is -2.40. The monoisotopic (exact) mass is 323 g/mol. The number of phenolic OH excluding ortho intramolecular Hbond substituents is 1. The summed E-state index contributed by atoms with van der Waals surface area (Å²) in [5.41, 5.74) is 1.20. The molecule has 5 heteroatoms. The Hall–Kier alpha value is -1.20. The van der Waals surface area contributed by atoms with E-state index in [4.69, 9.17) is 9.90 Å². The molecule has 2 aliphatic rings. The van der Waals surface area contributed by atoms with Crippen molar-refractivity contribution in [2.24, 2.45) is 0 Å². The third-order valence-electron chi connectivity index (χ3n) is 4.51. The second-order valence-electron chi connectivity index (χ2n) is 6.23. The smallest absolute Gasteiger partial charge is 0.300 e. The fourth-order valence-corrected chi connectivity index (χ4v) is 4.79. The molecule has 1 aromatic carbocycles. The molecular weight excluding hydrogens is 298 g/mol. The first-order chi connectivity index (χ1) is 10.4. The summed E-state index contributed by atoms with van der Waals surface area (Å²) in [6, 6.07) is 7.35. The molecule has 0 aromatic heterocycles. The molecule has 1 unspecified atom stereocenters. The van der Waals surface area contributed by atoms with Gasteiger partial charge in [-0.15, -0.1) is 11.8 Å². The van der Waals surface area contributed by atoms with E-state index in [1.165, 1.54) is 36.1 Å². The Balaban J connectivity index is 0.000000396. The molecule has 22 heavy (non-hydrogen) atoms. The number of carbonyl (C=O) groups is 1. The van der Waals surface area contributed by atoms with Gasteiger partial charge in [0.15, 0.2) is 0 Å². The van der Waals surface area contributed by atoms with Gasteiger partial charge in [-0.3, -0.25) is 4.79 Å². The van der Waals surface area contributed by atoms with Crippen LogP contribution in [0.1, 0.15) is 38.2 Å². The van der Waals surface area contributed by atoms with E-state index in [0.29, 0.717) is 5.75 Å². The maximum Gasteiger partial charge on any atom is 0.300 e. The van der Waals surface area contributed by atoms with E-state index in [0.717, 1.165) is 24.3 Å². The van der Waals surface area contributed by atoms with Gasteiger partial charge >= 0.3 is 0 Å². The number of piperidine rings is 1. The molecule has 2 fully saturated rings. The highest BCUT2D eigenvalue weighted by Gasteiger charge is 2.38. The lowest BCUT2D eigenvalue weighted by Gasteiger charge is -2.36. The van der Waals surface area contributed by atoms with Crippen molar-refractivity contribution < 1.29 is 15.0 Å². The number of aliphatic carboxylic acids is 1. The number of benzene rings is 1. The zero-order valence-electron chi connectivity index (χ0n) is 13.5. The normalized spacial score (nSPS) is 27.1. The van der Waals surface area contributed by atoms with Crippen molar-refractivity contribution in [3.05, 3.63) is 23.8 Å². The van der Waals surface area contributed by atoms with Crippen LogP contribution in [0.25, 0.3) is 0 Å². The standard InChI is InChI=1S/C15H21NOS.C2H4O2/c1-10-7-13(17)5-6-15(10)18-14-8-11-3-4-12(9-14)16(11)2;1-2(3)4/h5-7,11-12,14,17H,3-4,8-9H2,1-2H3;1H3,(H,3,4)/t11-,12+,14?;. The number of fused-ring (bicyclic) bond motifs is 2. The molecule has 0 amide bonds. The maximum absolute atomic E-state index is 9.46. The SMILES string of the molecule is CC(=O)O.Cc1cc(O)ccc1SC1C[C@H]2CC[C@@H](C1)N2C. The minimum absolute atomic E-state index is 0.375. The molecule has 2 saturated heterocycles. The quantitative estimate of drug-likeness (QED) is 0.872. The van der Waals surface area contributed by atoms with E-state index < -0.39 is 5.97 Å². The summed E-state index contributed by atoms with van der Waals surface area (Å²) in [4.78, 5) is 12.9. The van der Waals surface area contributed by atoms with Gasteiger partial charge in [0.25, 0.3) is 5.97 Å². The fraction of sp³-hybridized carbons (Fsp3) is 0.588. The summed E-state index contributed by atoms with van der Waals surface area (Å²) in [6.07, 6.45) is 5.40. The van der Waals surface area contributed by atoms with Crippen molar-refractivity contribution in [3.8, 4) is 5.75 Å². The molecule has 0 saturated carbocycles. The van der Waals surface area contributed by atoms with Crippen molar-refractivity contribution in [2.75, 3.05) is 7.05 Å². The molecule has 1 aromatic rings. The minimum Gasteiger partial charge on any atom is -0.508 e. The van der Waals surface area contributed by atoms with E-state index in [1.807, 2.05) is 17.8 Å². The van der Waals surface area contributed by atoms with Crippen LogP contribution in [0.2, 0.25) is 0 Å². The Labute approximate surface area is 136 Å². The van der Waals surface area contributed by atoms with Crippen LogP contribution >= 0.6 is 11.8 Å². The van der Waals surface area contributed by atoms with Gasteiger partial charge in [0.1, 0.15) is 5.75 Å².